The second kappa shape index (κ2) is 6.12. The monoisotopic (exact) mass is 305 g/mol. The summed E-state index contributed by atoms with van der Waals surface area (Å²) < 4.78 is 2.20. The van der Waals surface area contributed by atoms with Gasteiger partial charge in [-0.25, -0.2) is 4.98 Å². The third-order valence-electron chi connectivity index (χ3n) is 3.98. The van der Waals surface area contributed by atoms with E-state index in [1.54, 1.807) is 11.0 Å². The molecule has 2 N–H and O–H groups in total. The summed E-state index contributed by atoms with van der Waals surface area (Å²) in [5.74, 6) is 0. The zero-order valence-electron chi connectivity index (χ0n) is 13.0. The Labute approximate surface area is 130 Å². The van der Waals surface area contributed by atoms with E-state index in [9.17, 15) is 5.11 Å². The number of hydrogen-bond acceptors (Lipinski definition) is 3. The van der Waals surface area contributed by atoms with Crippen molar-refractivity contribution in [1.82, 2.24) is 14.8 Å². The van der Waals surface area contributed by atoms with Crippen LogP contribution in [0.4, 0.5) is 0 Å². The van der Waals surface area contributed by atoms with E-state index in [-0.39, 0.29) is 11.5 Å². The first-order valence-electron chi connectivity index (χ1n) is 7.17. The summed E-state index contributed by atoms with van der Waals surface area (Å²) in [5.41, 5.74) is 2.20. The summed E-state index contributed by atoms with van der Waals surface area (Å²) in [7, 11) is 0. The standard InChI is InChI=1S/C16H23N3OS/c1-11-6-5-7-13(8-11)9-16(3,4)14(20)12(2)19-15(21)17-10-18-19/h5-8,10,12,14,20H,9H2,1-4H3,(H,17,18,21). The summed E-state index contributed by atoms with van der Waals surface area (Å²) in [6.45, 7) is 8.20. The highest BCUT2D eigenvalue weighted by Crippen LogP contribution is 2.32. The van der Waals surface area contributed by atoms with Gasteiger partial charge in [-0.15, -0.1) is 0 Å². The van der Waals surface area contributed by atoms with Crippen LogP contribution in [0.15, 0.2) is 30.6 Å². The van der Waals surface area contributed by atoms with Crippen LogP contribution in [-0.2, 0) is 6.42 Å². The number of aromatic nitrogens is 3. The summed E-state index contributed by atoms with van der Waals surface area (Å²) in [6.07, 6.45) is 1.82. The first-order chi connectivity index (χ1) is 9.81. The molecule has 0 aliphatic carbocycles. The van der Waals surface area contributed by atoms with Crippen molar-refractivity contribution in [3.63, 3.8) is 0 Å². The van der Waals surface area contributed by atoms with E-state index in [1.807, 2.05) is 6.92 Å². The van der Waals surface area contributed by atoms with E-state index in [0.29, 0.717) is 4.77 Å². The van der Waals surface area contributed by atoms with E-state index in [4.69, 9.17) is 12.2 Å². The predicted octanol–water partition coefficient (Wildman–Crippen LogP) is 3.44. The Morgan fingerprint density at radius 2 is 2.14 bits per heavy atom. The predicted molar refractivity (Wildman–Crippen MR) is 86.8 cm³/mol. The number of nitrogens with zero attached hydrogens (tertiary/aromatic N) is 2. The van der Waals surface area contributed by atoms with Crippen LogP contribution in [0.25, 0.3) is 0 Å². The van der Waals surface area contributed by atoms with Crippen molar-refractivity contribution >= 4 is 12.2 Å². The number of hydrogen-bond donors (Lipinski definition) is 2. The van der Waals surface area contributed by atoms with Crippen LogP contribution >= 0.6 is 12.2 Å². The summed E-state index contributed by atoms with van der Waals surface area (Å²) >= 11 is 5.16. The smallest absolute Gasteiger partial charge is 0.216 e. The van der Waals surface area contributed by atoms with Crippen molar-refractivity contribution in [2.24, 2.45) is 5.41 Å². The Hall–Kier alpha value is -1.46. The molecule has 114 valence electrons. The van der Waals surface area contributed by atoms with Gasteiger partial charge < -0.3 is 5.11 Å². The molecule has 0 amide bonds. The van der Waals surface area contributed by atoms with Crippen LogP contribution in [-0.4, -0.2) is 26.0 Å². The second-order valence-electron chi connectivity index (χ2n) is 6.38. The molecule has 2 aromatic rings. The number of nitrogens with one attached hydrogen (secondary N) is 1. The maximum Gasteiger partial charge on any atom is 0.216 e. The maximum atomic E-state index is 10.8. The van der Waals surface area contributed by atoms with Crippen LogP contribution < -0.4 is 0 Å². The van der Waals surface area contributed by atoms with E-state index >= 15 is 0 Å². The fourth-order valence-corrected chi connectivity index (χ4v) is 3.07. The van der Waals surface area contributed by atoms with Crippen LogP contribution in [0, 0.1) is 17.1 Å². The topological polar surface area (TPSA) is 53.8 Å². The Morgan fingerprint density at radius 3 is 2.71 bits per heavy atom. The lowest BCUT2D eigenvalue weighted by atomic mass is 9.77. The van der Waals surface area contributed by atoms with Crippen LogP contribution in [0.3, 0.4) is 0 Å². The molecular weight excluding hydrogens is 282 g/mol. The van der Waals surface area contributed by atoms with E-state index in [0.717, 1.165) is 6.42 Å². The SMILES string of the molecule is Cc1cccc(CC(C)(C)C(O)C(C)n2[nH]cnc2=S)c1. The number of benzene rings is 1. The molecule has 0 saturated carbocycles. The first kappa shape index (κ1) is 15.9. The van der Waals surface area contributed by atoms with Gasteiger partial charge in [-0.05, 0) is 43.5 Å². The van der Waals surface area contributed by atoms with Gasteiger partial charge >= 0.3 is 0 Å². The molecule has 1 aromatic heterocycles. The number of aliphatic hydroxyl groups is 1. The van der Waals surface area contributed by atoms with Gasteiger partial charge in [0.1, 0.15) is 6.33 Å². The average molecular weight is 305 g/mol. The first-order valence-corrected chi connectivity index (χ1v) is 7.57. The molecule has 2 atom stereocenters. The minimum atomic E-state index is -0.537. The molecular formula is C16H23N3OS. The van der Waals surface area contributed by atoms with Gasteiger partial charge in [-0.1, -0.05) is 43.7 Å². The quantitative estimate of drug-likeness (QED) is 0.832. The highest BCUT2D eigenvalue weighted by atomic mass is 32.1. The van der Waals surface area contributed by atoms with Crippen molar-refractivity contribution < 1.29 is 5.11 Å². The highest BCUT2D eigenvalue weighted by molar-refractivity contribution is 7.71. The number of aryl methyl sites for hydroxylation is 1. The molecule has 0 aliphatic heterocycles. The van der Waals surface area contributed by atoms with Crippen molar-refractivity contribution in [1.29, 1.82) is 0 Å². The average Bonchev–Trinajstić information content (AvgIpc) is 2.82. The largest absolute Gasteiger partial charge is 0.390 e. The maximum absolute atomic E-state index is 10.8. The number of aliphatic hydroxyl groups excluding tert-OH is 1. The second-order valence-corrected chi connectivity index (χ2v) is 6.74. The van der Waals surface area contributed by atoms with E-state index in [2.05, 4.69) is 55.1 Å². The third kappa shape index (κ3) is 3.60. The molecule has 21 heavy (non-hydrogen) atoms. The zero-order chi connectivity index (χ0) is 15.6. The summed E-state index contributed by atoms with van der Waals surface area (Å²) in [6, 6.07) is 8.26. The van der Waals surface area contributed by atoms with Crippen LogP contribution in [0.5, 0.6) is 0 Å². The molecule has 2 unspecified atom stereocenters. The lowest BCUT2D eigenvalue weighted by molar-refractivity contribution is 0.00782. The number of H-pyrrole nitrogens is 1. The Morgan fingerprint density at radius 1 is 1.43 bits per heavy atom. The minimum Gasteiger partial charge on any atom is -0.390 e. The molecule has 1 heterocycles. The molecule has 0 radical (unpaired) electrons. The van der Waals surface area contributed by atoms with Gasteiger partial charge in [0, 0.05) is 0 Å². The number of aromatic amines is 1. The summed E-state index contributed by atoms with van der Waals surface area (Å²) in [4.78, 5) is 4.01. The minimum absolute atomic E-state index is 0.153. The van der Waals surface area contributed by atoms with Crippen molar-refractivity contribution in [2.45, 2.75) is 46.3 Å². The van der Waals surface area contributed by atoms with Crippen LogP contribution in [0.2, 0.25) is 0 Å². The van der Waals surface area contributed by atoms with Crippen molar-refractivity contribution in [3.05, 3.63) is 46.5 Å². The Kier molecular flexibility index (Phi) is 4.64. The lowest BCUT2D eigenvalue weighted by Gasteiger charge is -2.35. The van der Waals surface area contributed by atoms with Gasteiger partial charge in [-0.2, -0.15) is 0 Å². The van der Waals surface area contributed by atoms with Gasteiger partial charge in [0.15, 0.2) is 0 Å². The molecule has 5 heteroatoms. The molecule has 1 aromatic carbocycles. The Bertz CT molecular complexity index is 659. The molecule has 0 fully saturated rings. The Balaban J connectivity index is 2.18. The molecule has 2 rings (SSSR count). The van der Waals surface area contributed by atoms with Gasteiger partial charge in [0.05, 0.1) is 12.1 Å². The fraction of sp³-hybridized carbons (Fsp3) is 0.500. The third-order valence-corrected chi connectivity index (χ3v) is 4.29. The van der Waals surface area contributed by atoms with E-state index in [1.165, 1.54) is 11.1 Å². The molecule has 0 bridgehead atoms. The molecule has 0 saturated heterocycles. The van der Waals surface area contributed by atoms with E-state index < -0.39 is 6.10 Å². The van der Waals surface area contributed by atoms with Gasteiger partial charge in [0.25, 0.3) is 0 Å². The molecule has 4 nitrogen and oxygen atoms in total. The highest BCUT2D eigenvalue weighted by Gasteiger charge is 2.33. The molecule has 0 aliphatic rings. The lowest BCUT2D eigenvalue weighted by Crippen LogP contribution is -2.38. The zero-order valence-corrected chi connectivity index (χ0v) is 13.8. The van der Waals surface area contributed by atoms with Crippen molar-refractivity contribution in [2.75, 3.05) is 0 Å². The fourth-order valence-electron chi connectivity index (χ4n) is 2.80. The normalized spacial score (nSPS) is 14.9. The molecule has 0 spiro atoms. The van der Waals surface area contributed by atoms with Crippen molar-refractivity contribution in [3.8, 4) is 0 Å². The summed E-state index contributed by atoms with van der Waals surface area (Å²) in [5, 5.41) is 13.7. The van der Waals surface area contributed by atoms with Gasteiger partial charge in [0.2, 0.25) is 4.77 Å². The number of rotatable bonds is 5. The van der Waals surface area contributed by atoms with Gasteiger partial charge in [-0.3, -0.25) is 9.78 Å². The van der Waals surface area contributed by atoms with Crippen LogP contribution in [0.1, 0.15) is 37.9 Å².